The Balaban J connectivity index is 2.63. The van der Waals surface area contributed by atoms with Gasteiger partial charge in [-0.25, -0.2) is 0 Å². The van der Waals surface area contributed by atoms with Gasteiger partial charge in [-0.2, -0.15) is 0 Å². The Morgan fingerprint density at radius 1 is 1.83 bits per heavy atom. The van der Waals surface area contributed by atoms with Crippen molar-refractivity contribution in [3.63, 3.8) is 0 Å². The van der Waals surface area contributed by atoms with Gasteiger partial charge in [-0.1, -0.05) is 13.3 Å². The van der Waals surface area contributed by atoms with Gasteiger partial charge in [0, 0.05) is 0 Å². The van der Waals surface area contributed by atoms with Crippen molar-refractivity contribution >= 4 is 7.85 Å². The zero-order valence-electron chi connectivity index (χ0n) is 4.57. The van der Waals surface area contributed by atoms with Crippen molar-refractivity contribution in [3.8, 4) is 0 Å². The van der Waals surface area contributed by atoms with Crippen LogP contribution in [0.4, 0.5) is 0 Å². The molecule has 0 aromatic heterocycles. The van der Waals surface area contributed by atoms with Crippen molar-refractivity contribution in [1.29, 1.82) is 0 Å². The molecule has 6 heavy (non-hydrogen) atoms. The zero-order chi connectivity index (χ0) is 4.99. The van der Waals surface area contributed by atoms with E-state index in [0.29, 0.717) is 5.94 Å². The quantitative estimate of drug-likeness (QED) is 0.458. The third-order valence-corrected chi connectivity index (χ3v) is 0.744. The van der Waals surface area contributed by atoms with E-state index in [1.54, 1.807) is 0 Å². The Hall–Kier alpha value is 0.0249. The second-order valence-electron chi connectivity index (χ2n) is 1.77. The molecule has 0 aromatic carbocycles. The Bertz CT molecular complexity index is 28.7. The van der Waals surface area contributed by atoms with Crippen molar-refractivity contribution in [2.45, 2.75) is 25.7 Å². The van der Waals surface area contributed by atoms with Crippen LogP contribution in [-0.2, 0) is 0 Å². The summed E-state index contributed by atoms with van der Waals surface area (Å²) in [6.07, 6.45) is 2.36. The van der Waals surface area contributed by atoms with Crippen LogP contribution < -0.4 is 5.73 Å². The molecule has 1 nitrogen and oxygen atoms in total. The van der Waals surface area contributed by atoms with E-state index in [1.807, 2.05) is 7.85 Å². The maximum atomic E-state index is 5.40. The minimum Gasteiger partial charge on any atom is -0.335 e. The Morgan fingerprint density at radius 2 is 2.33 bits per heavy atom. The second kappa shape index (κ2) is 3.22. The van der Waals surface area contributed by atoms with E-state index < -0.39 is 0 Å². The molecule has 2 N–H and O–H groups in total. The highest BCUT2D eigenvalue weighted by Gasteiger charge is 1.86. The Labute approximate surface area is 40.3 Å². The maximum absolute atomic E-state index is 5.40. The molecule has 2 heteroatoms. The van der Waals surface area contributed by atoms with Gasteiger partial charge in [0.2, 0.25) is 0 Å². The number of hydrogen-bond acceptors (Lipinski definition) is 1. The SMILES string of the molecule is B[C@@H](N)CCC. The fraction of sp³-hybridized carbons (Fsp3) is 1.00. The van der Waals surface area contributed by atoms with Gasteiger partial charge >= 0.3 is 0 Å². The predicted octanol–water partition coefficient (Wildman–Crippen LogP) is -0.296. The van der Waals surface area contributed by atoms with E-state index in [1.165, 1.54) is 6.42 Å². The molecule has 0 saturated carbocycles. The lowest BCUT2D eigenvalue weighted by Crippen LogP contribution is -2.18. The largest absolute Gasteiger partial charge is 0.335 e. The number of hydrogen-bond donors (Lipinski definition) is 1. The third kappa shape index (κ3) is 4.02. The molecule has 1 atom stereocenters. The smallest absolute Gasteiger partial charge is 0.123 e. The van der Waals surface area contributed by atoms with E-state index in [9.17, 15) is 0 Å². The number of rotatable bonds is 2. The molecule has 0 aliphatic heterocycles. The van der Waals surface area contributed by atoms with Crippen LogP contribution in [0.1, 0.15) is 19.8 Å². The van der Waals surface area contributed by atoms with E-state index in [2.05, 4.69) is 6.92 Å². The fourth-order valence-corrected chi connectivity index (χ4v) is 0.455. The third-order valence-electron chi connectivity index (χ3n) is 0.744. The molecule has 36 valence electrons. The van der Waals surface area contributed by atoms with E-state index >= 15 is 0 Å². The molecule has 0 spiro atoms. The summed E-state index contributed by atoms with van der Waals surface area (Å²) in [5.41, 5.74) is 5.40. The summed E-state index contributed by atoms with van der Waals surface area (Å²) in [5, 5.41) is 0. The molecule has 0 aliphatic carbocycles. The normalized spacial score (nSPS) is 14.3. The average Bonchev–Trinajstić information content (AvgIpc) is 1.35. The summed E-state index contributed by atoms with van der Waals surface area (Å²) in [4.78, 5) is 0. The van der Waals surface area contributed by atoms with Crippen molar-refractivity contribution in [2.24, 2.45) is 5.73 Å². The predicted molar refractivity (Wildman–Crippen MR) is 31.4 cm³/mol. The monoisotopic (exact) mass is 85.1 g/mol. The van der Waals surface area contributed by atoms with Crippen LogP contribution in [0.3, 0.4) is 0 Å². The standard InChI is InChI=1S/C4H12BN/c1-2-3-4(5)6/h4H,2-3,5-6H2,1H3/t4-/m0/s1. The molecule has 0 saturated heterocycles. The first-order chi connectivity index (χ1) is 2.77. The van der Waals surface area contributed by atoms with Crippen molar-refractivity contribution in [3.05, 3.63) is 0 Å². The van der Waals surface area contributed by atoms with Gasteiger partial charge in [-0.3, -0.25) is 0 Å². The molecule has 0 amide bonds. The summed E-state index contributed by atoms with van der Waals surface area (Å²) in [6, 6.07) is 0. The first-order valence-electron chi connectivity index (χ1n) is 2.53. The molecule has 0 unspecified atom stereocenters. The lowest BCUT2D eigenvalue weighted by atomic mass is 9.94. The van der Waals surface area contributed by atoms with Gasteiger partial charge in [-0.15, -0.1) is 0 Å². The van der Waals surface area contributed by atoms with Crippen LogP contribution in [0.15, 0.2) is 0 Å². The van der Waals surface area contributed by atoms with Gasteiger partial charge in [0.15, 0.2) is 0 Å². The summed E-state index contributed by atoms with van der Waals surface area (Å²) in [7, 11) is 2.03. The van der Waals surface area contributed by atoms with E-state index in [-0.39, 0.29) is 0 Å². The highest BCUT2D eigenvalue weighted by molar-refractivity contribution is 6.11. The molecule has 0 aliphatic rings. The van der Waals surface area contributed by atoms with Crippen LogP contribution in [0, 0.1) is 0 Å². The molecule has 0 radical (unpaired) electrons. The lowest BCUT2D eigenvalue weighted by molar-refractivity contribution is 0.755. The van der Waals surface area contributed by atoms with Crippen molar-refractivity contribution in [2.75, 3.05) is 0 Å². The summed E-state index contributed by atoms with van der Waals surface area (Å²) in [5.74, 6) is 0.398. The summed E-state index contributed by atoms with van der Waals surface area (Å²) in [6.45, 7) is 2.14. The highest BCUT2D eigenvalue weighted by atomic mass is 14.6. The molecular formula is C4H12BN. The lowest BCUT2D eigenvalue weighted by Gasteiger charge is -1.96. The average molecular weight is 85.0 g/mol. The molecular weight excluding hydrogens is 72.9 g/mol. The van der Waals surface area contributed by atoms with Gasteiger partial charge in [0.05, 0.1) is 0 Å². The first-order valence-corrected chi connectivity index (χ1v) is 2.53. The molecule has 0 bridgehead atoms. The van der Waals surface area contributed by atoms with E-state index in [0.717, 1.165) is 6.42 Å². The van der Waals surface area contributed by atoms with Crippen LogP contribution in [0.25, 0.3) is 0 Å². The van der Waals surface area contributed by atoms with Crippen LogP contribution in [0.2, 0.25) is 0 Å². The zero-order valence-corrected chi connectivity index (χ0v) is 4.57. The summed E-state index contributed by atoms with van der Waals surface area (Å²) < 4.78 is 0. The van der Waals surface area contributed by atoms with Gasteiger partial charge in [0.1, 0.15) is 7.85 Å². The van der Waals surface area contributed by atoms with E-state index in [4.69, 9.17) is 5.73 Å². The van der Waals surface area contributed by atoms with Gasteiger partial charge in [-0.05, 0) is 12.4 Å². The first kappa shape index (κ1) is 6.02. The van der Waals surface area contributed by atoms with Crippen molar-refractivity contribution in [1.82, 2.24) is 0 Å². The summed E-state index contributed by atoms with van der Waals surface area (Å²) >= 11 is 0. The Kier molecular flexibility index (Phi) is 3.24. The van der Waals surface area contributed by atoms with Gasteiger partial charge in [0.25, 0.3) is 0 Å². The van der Waals surface area contributed by atoms with Crippen LogP contribution >= 0.6 is 0 Å². The van der Waals surface area contributed by atoms with Crippen molar-refractivity contribution < 1.29 is 0 Å². The topological polar surface area (TPSA) is 26.0 Å². The second-order valence-corrected chi connectivity index (χ2v) is 1.77. The minimum absolute atomic E-state index is 0.398. The number of nitrogens with two attached hydrogens (primary N) is 1. The fourth-order valence-electron chi connectivity index (χ4n) is 0.455. The minimum atomic E-state index is 0.398. The Morgan fingerprint density at radius 3 is 2.33 bits per heavy atom. The maximum Gasteiger partial charge on any atom is 0.123 e. The molecule has 0 rings (SSSR count). The molecule has 0 heterocycles. The van der Waals surface area contributed by atoms with Crippen LogP contribution in [0.5, 0.6) is 0 Å². The van der Waals surface area contributed by atoms with Crippen LogP contribution in [-0.4, -0.2) is 13.8 Å². The van der Waals surface area contributed by atoms with Gasteiger partial charge < -0.3 is 5.73 Å². The molecule has 0 aromatic rings. The molecule has 0 fully saturated rings. The highest BCUT2D eigenvalue weighted by Crippen LogP contribution is 1.85.